The maximum Gasteiger partial charge on any atom is 0.118 e. The van der Waals surface area contributed by atoms with E-state index in [1.54, 1.807) is 7.11 Å². The average molecular weight is 251 g/mol. The van der Waals surface area contributed by atoms with Gasteiger partial charge in [0.05, 0.1) is 7.11 Å². The zero-order valence-corrected chi connectivity index (χ0v) is 11.4. The molecular weight excluding hydrogens is 230 g/mol. The molecule has 94 valence electrons. The Balaban J connectivity index is 1.91. The van der Waals surface area contributed by atoms with Crippen molar-refractivity contribution in [1.29, 1.82) is 0 Å². The molecule has 1 saturated heterocycles. The maximum atomic E-state index is 5.18. The normalized spacial score (nSPS) is 22.1. The van der Waals surface area contributed by atoms with E-state index >= 15 is 0 Å². The van der Waals surface area contributed by atoms with E-state index in [2.05, 4.69) is 36.1 Å². The molecule has 2 nitrogen and oxygen atoms in total. The van der Waals surface area contributed by atoms with Crippen molar-refractivity contribution in [3.63, 3.8) is 0 Å². The van der Waals surface area contributed by atoms with Crippen molar-refractivity contribution in [2.24, 2.45) is 0 Å². The molecule has 0 spiro atoms. The minimum Gasteiger partial charge on any atom is -0.497 e. The predicted octanol–water partition coefficient (Wildman–Crippen LogP) is 3.24. The topological polar surface area (TPSA) is 21.3 Å². The van der Waals surface area contributed by atoms with Gasteiger partial charge in [-0.25, -0.2) is 0 Å². The molecule has 0 aromatic heterocycles. The number of hydrogen-bond donors (Lipinski definition) is 1. The summed E-state index contributed by atoms with van der Waals surface area (Å²) in [6, 6.07) is 9.45. The van der Waals surface area contributed by atoms with Crippen molar-refractivity contribution >= 4 is 11.8 Å². The van der Waals surface area contributed by atoms with E-state index < -0.39 is 0 Å². The monoisotopic (exact) mass is 251 g/mol. The van der Waals surface area contributed by atoms with Crippen LogP contribution >= 0.6 is 11.8 Å². The van der Waals surface area contributed by atoms with Crippen molar-refractivity contribution in [3.05, 3.63) is 29.8 Å². The quantitative estimate of drug-likeness (QED) is 0.887. The highest BCUT2D eigenvalue weighted by Crippen LogP contribution is 2.22. The zero-order chi connectivity index (χ0) is 12.1. The Kier molecular flexibility index (Phi) is 4.75. The minimum absolute atomic E-state index is 0.421. The van der Waals surface area contributed by atoms with Gasteiger partial charge in [0.1, 0.15) is 5.75 Å². The maximum absolute atomic E-state index is 5.18. The fourth-order valence-electron chi connectivity index (χ4n) is 2.21. The number of hydrogen-bond acceptors (Lipinski definition) is 3. The number of thioether (sulfide) groups is 1. The zero-order valence-electron chi connectivity index (χ0n) is 10.6. The molecule has 17 heavy (non-hydrogen) atoms. The first-order valence-electron chi connectivity index (χ1n) is 6.27. The van der Waals surface area contributed by atoms with Crippen LogP contribution in [0.3, 0.4) is 0 Å². The second-order valence-corrected chi connectivity index (χ2v) is 5.73. The molecule has 0 saturated carbocycles. The fourth-order valence-corrected chi connectivity index (χ4v) is 3.30. The molecule has 0 amide bonds. The largest absolute Gasteiger partial charge is 0.497 e. The van der Waals surface area contributed by atoms with Gasteiger partial charge in [-0.3, -0.25) is 0 Å². The Morgan fingerprint density at radius 3 is 2.71 bits per heavy atom. The lowest BCUT2D eigenvalue weighted by molar-refractivity contribution is 0.413. The van der Waals surface area contributed by atoms with Gasteiger partial charge in [0.15, 0.2) is 0 Å². The molecule has 1 aliphatic heterocycles. The van der Waals surface area contributed by atoms with Gasteiger partial charge >= 0.3 is 0 Å². The number of rotatable bonds is 4. The molecule has 0 aliphatic carbocycles. The summed E-state index contributed by atoms with van der Waals surface area (Å²) in [6.45, 7) is 2.24. The van der Waals surface area contributed by atoms with Crippen LogP contribution < -0.4 is 10.1 Å². The Bertz CT molecular complexity index is 333. The molecule has 0 bridgehead atoms. The lowest BCUT2D eigenvalue weighted by Gasteiger charge is -2.26. The van der Waals surface area contributed by atoms with Gasteiger partial charge in [0.2, 0.25) is 0 Å². The third kappa shape index (κ3) is 3.65. The van der Waals surface area contributed by atoms with E-state index in [0.29, 0.717) is 12.1 Å². The van der Waals surface area contributed by atoms with E-state index in [0.717, 1.165) is 5.75 Å². The Morgan fingerprint density at radius 1 is 1.35 bits per heavy atom. The molecule has 1 aromatic rings. The Hall–Kier alpha value is -0.670. The van der Waals surface area contributed by atoms with Crippen LogP contribution in [0.2, 0.25) is 0 Å². The smallest absolute Gasteiger partial charge is 0.118 e. The van der Waals surface area contributed by atoms with Gasteiger partial charge in [0.25, 0.3) is 0 Å². The Labute approximate surface area is 108 Å². The van der Waals surface area contributed by atoms with Crippen LogP contribution in [0.5, 0.6) is 5.75 Å². The second-order valence-electron chi connectivity index (χ2n) is 4.58. The molecule has 2 atom stereocenters. The summed E-state index contributed by atoms with van der Waals surface area (Å²) in [5, 5.41) is 3.71. The highest BCUT2D eigenvalue weighted by atomic mass is 32.2. The van der Waals surface area contributed by atoms with E-state index in [1.807, 2.05) is 12.1 Å². The third-order valence-corrected chi connectivity index (χ3v) is 4.48. The molecule has 1 unspecified atom stereocenters. The van der Waals surface area contributed by atoms with Gasteiger partial charge in [-0.1, -0.05) is 12.1 Å². The first-order chi connectivity index (χ1) is 8.29. The first-order valence-corrected chi connectivity index (χ1v) is 7.43. The molecule has 1 heterocycles. The molecule has 1 aliphatic rings. The summed E-state index contributed by atoms with van der Waals surface area (Å²) in [5.41, 5.74) is 1.33. The van der Waals surface area contributed by atoms with Crippen LogP contribution in [0.1, 0.15) is 31.4 Å². The van der Waals surface area contributed by atoms with E-state index in [-0.39, 0.29) is 0 Å². The van der Waals surface area contributed by atoms with Crippen LogP contribution in [0, 0.1) is 0 Å². The number of methoxy groups -OCH3 is 1. The summed E-state index contributed by atoms with van der Waals surface area (Å²) < 4.78 is 5.18. The lowest BCUT2D eigenvalue weighted by Crippen LogP contribution is -2.35. The molecular formula is C14H21NOS. The highest BCUT2D eigenvalue weighted by molar-refractivity contribution is 7.99. The molecule has 0 radical (unpaired) electrons. The summed E-state index contributed by atoms with van der Waals surface area (Å²) in [6.07, 6.45) is 2.66. The van der Waals surface area contributed by atoms with Crippen LogP contribution in [-0.4, -0.2) is 24.7 Å². The van der Waals surface area contributed by atoms with Gasteiger partial charge in [-0.05, 0) is 43.2 Å². The third-order valence-electron chi connectivity index (χ3n) is 3.26. The highest BCUT2D eigenvalue weighted by Gasteiger charge is 2.16. The number of benzene rings is 1. The van der Waals surface area contributed by atoms with Crippen LogP contribution in [-0.2, 0) is 0 Å². The van der Waals surface area contributed by atoms with Crippen LogP contribution in [0.25, 0.3) is 0 Å². The predicted molar refractivity (Wildman–Crippen MR) is 74.9 cm³/mol. The summed E-state index contributed by atoms with van der Waals surface area (Å²) in [4.78, 5) is 0. The van der Waals surface area contributed by atoms with Crippen molar-refractivity contribution in [1.82, 2.24) is 5.32 Å². The fraction of sp³-hybridized carbons (Fsp3) is 0.571. The summed E-state index contributed by atoms with van der Waals surface area (Å²) in [7, 11) is 1.70. The molecule has 1 fully saturated rings. The van der Waals surface area contributed by atoms with Gasteiger partial charge in [-0.2, -0.15) is 11.8 Å². The molecule has 1 N–H and O–H groups in total. The van der Waals surface area contributed by atoms with Gasteiger partial charge in [-0.15, -0.1) is 0 Å². The van der Waals surface area contributed by atoms with Crippen molar-refractivity contribution in [2.75, 3.05) is 18.6 Å². The Morgan fingerprint density at radius 2 is 2.12 bits per heavy atom. The minimum atomic E-state index is 0.421. The van der Waals surface area contributed by atoms with Crippen molar-refractivity contribution in [2.45, 2.75) is 31.8 Å². The van der Waals surface area contributed by atoms with Crippen molar-refractivity contribution < 1.29 is 4.74 Å². The number of nitrogens with one attached hydrogen (secondary N) is 1. The van der Waals surface area contributed by atoms with Crippen molar-refractivity contribution in [3.8, 4) is 5.75 Å². The summed E-state index contributed by atoms with van der Waals surface area (Å²) >= 11 is 2.06. The summed E-state index contributed by atoms with van der Waals surface area (Å²) in [5.74, 6) is 3.50. The van der Waals surface area contributed by atoms with E-state index in [1.165, 1.54) is 29.9 Å². The average Bonchev–Trinajstić information content (AvgIpc) is 2.40. The van der Waals surface area contributed by atoms with Gasteiger partial charge in [0, 0.05) is 17.8 Å². The van der Waals surface area contributed by atoms with E-state index in [4.69, 9.17) is 4.74 Å². The first kappa shape index (κ1) is 12.8. The van der Waals surface area contributed by atoms with Crippen LogP contribution in [0.15, 0.2) is 24.3 Å². The molecule has 1 aromatic carbocycles. The lowest BCUT2D eigenvalue weighted by atomic mass is 10.1. The van der Waals surface area contributed by atoms with E-state index in [9.17, 15) is 0 Å². The SMILES string of the molecule is COc1ccc([C@@H](C)NC2CCCSC2)cc1. The van der Waals surface area contributed by atoms with Crippen LogP contribution in [0.4, 0.5) is 0 Å². The standard InChI is InChI=1S/C14H21NOS/c1-11(15-13-4-3-9-17-10-13)12-5-7-14(16-2)8-6-12/h5-8,11,13,15H,3-4,9-10H2,1-2H3/t11-,13?/m1/s1. The number of ether oxygens (including phenoxy) is 1. The molecule has 3 heteroatoms. The second kappa shape index (κ2) is 6.31. The van der Waals surface area contributed by atoms with Gasteiger partial charge < -0.3 is 10.1 Å². The molecule has 2 rings (SSSR count).